The molecule has 1 aromatic heterocycles. The predicted octanol–water partition coefficient (Wildman–Crippen LogP) is 4.53. The fraction of sp³-hybridized carbons (Fsp3) is 0.360. The third-order valence-corrected chi connectivity index (χ3v) is 5.01. The van der Waals surface area contributed by atoms with Crippen molar-refractivity contribution < 1.29 is 14.3 Å². The zero-order valence-corrected chi connectivity index (χ0v) is 18.3. The van der Waals surface area contributed by atoms with Gasteiger partial charge >= 0.3 is 0 Å². The number of nitrogens with one attached hydrogen (secondary N) is 1. The summed E-state index contributed by atoms with van der Waals surface area (Å²) >= 11 is 0. The molecule has 6 heteroatoms. The van der Waals surface area contributed by atoms with Gasteiger partial charge in [-0.3, -0.25) is 4.79 Å². The first-order valence-electron chi connectivity index (χ1n) is 10.8. The Morgan fingerprint density at radius 3 is 2.77 bits per heavy atom. The zero-order chi connectivity index (χ0) is 21.9. The Morgan fingerprint density at radius 1 is 1.10 bits per heavy atom. The normalized spacial score (nSPS) is 11.2. The van der Waals surface area contributed by atoms with Crippen LogP contribution in [0.5, 0.6) is 11.5 Å². The summed E-state index contributed by atoms with van der Waals surface area (Å²) in [6.07, 6.45) is 6.91. The minimum Gasteiger partial charge on any atom is -0.497 e. The molecule has 0 fully saturated rings. The number of ether oxygens (including phenoxy) is 2. The number of carbonyl (C=O) groups is 1. The van der Waals surface area contributed by atoms with Crippen molar-refractivity contribution in [2.75, 3.05) is 20.3 Å². The second-order valence-corrected chi connectivity index (χ2v) is 7.30. The molecule has 2 aromatic carbocycles. The molecule has 1 N–H and O–H groups in total. The molecule has 0 bridgehead atoms. The summed E-state index contributed by atoms with van der Waals surface area (Å²) in [5, 5.41) is 2.90. The van der Waals surface area contributed by atoms with Gasteiger partial charge < -0.3 is 19.4 Å². The van der Waals surface area contributed by atoms with Crippen molar-refractivity contribution in [3.8, 4) is 11.5 Å². The van der Waals surface area contributed by atoms with Crippen LogP contribution in [-0.4, -0.2) is 35.7 Å². The van der Waals surface area contributed by atoms with Crippen molar-refractivity contribution >= 4 is 16.9 Å². The van der Waals surface area contributed by atoms with Gasteiger partial charge in [0.1, 0.15) is 17.3 Å². The quantitative estimate of drug-likeness (QED) is 0.345. The minimum absolute atomic E-state index is 0.0490. The van der Waals surface area contributed by atoms with E-state index in [9.17, 15) is 4.79 Å². The second kappa shape index (κ2) is 11.8. The van der Waals surface area contributed by atoms with Gasteiger partial charge in [-0.2, -0.15) is 0 Å². The number of aromatic nitrogens is 2. The summed E-state index contributed by atoms with van der Waals surface area (Å²) < 4.78 is 13.4. The molecule has 0 aliphatic heterocycles. The summed E-state index contributed by atoms with van der Waals surface area (Å²) in [4.78, 5) is 16.4. The first kappa shape index (κ1) is 22.4. The maximum Gasteiger partial charge on any atom is 0.243 e. The molecule has 0 aliphatic carbocycles. The molecule has 0 unspecified atom stereocenters. The van der Waals surface area contributed by atoms with Crippen molar-refractivity contribution in [3.63, 3.8) is 0 Å². The van der Waals surface area contributed by atoms with Gasteiger partial charge in [0.05, 0.1) is 24.8 Å². The lowest BCUT2D eigenvalue weighted by Crippen LogP contribution is -2.22. The molecule has 0 atom stereocenters. The van der Waals surface area contributed by atoms with Gasteiger partial charge in [-0.15, -0.1) is 0 Å². The summed E-state index contributed by atoms with van der Waals surface area (Å²) in [7, 11) is 1.66. The molecule has 0 radical (unpaired) electrons. The number of fused-ring (bicyclic) bond motifs is 1. The number of rotatable bonds is 12. The van der Waals surface area contributed by atoms with E-state index in [4.69, 9.17) is 14.5 Å². The number of hydrogen-bond donors (Lipinski definition) is 1. The minimum atomic E-state index is -0.0490. The van der Waals surface area contributed by atoms with E-state index >= 15 is 0 Å². The Bertz CT molecular complexity index is 1010. The Hall–Kier alpha value is -3.28. The number of para-hydroxylation sites is 2. The van der Waals surface area contributed by atoms with Crippen molar-refractivity contribution in [3.05, 3.63) is 66.5 Å². The highest BCUT2D eigenvalue weighted by atomic mass is 16.5. The fourth-order valence-electron chi connectivity index (χ4n) is 3.49. The number of aryl methyl sites for hydroxylation is 2. The molecule has 6 nitrogen and oxygen atoms in total. The first-order valence-corrected chi connectivity index (χ1v) is 10.8. The number of methoxy groups -OCH3 is 1. The molecule has 1 heterocycles. The SMILES string of the molecule is C/C=C\C(=O)NCCCc1nc2ccccc2n1CCCCOc1cccc(OC)c1. The van der Waals surface area contributed by atoms with Crippen LogP contribution in [0, 0.1) is 0 Å². The van der Waals surface area contributed by atoms with Crippen LogP contribution in [0.3, 0.4) is 0 Å². The van der Waals surface area contributed by atoms with Gasteiger partial charge in [0.15, 0.2) is 0 Å². The molecule has 0 saturated heterocycles. The Labute approximate surface area is 183 Å². The van der Waals surface area contributed by atoms with Crippen LogP contribution < -0.4 is 14.8 Å². The fourth-order valence-corrected chi connectivity index (χ4v) is 3.49. The second-order valence-electron chi connectivity index (χ2n) is 7.30. The van der Waals surface area contributed by atoms with Crippen LogP contribution in [0.1, 0.15) is 32.0 Å². The third-order valence-electron chi connectivity index (χ3n) is 5.01. The topological polar surface area (TPSA) is 65.4 Å². The number of unbranched alkanes of at least 4 members (excludes halogenated alkanes) is 1. The maximum absolute atomic E-state index is 11.6. The van der Waals surface area contributed by atoms with Gasteiger partial charge in [0.25, 0.3) is 0 Å². The van der Waals surface area contributed by atoms with Crippen molar-refractivity contribution in [1.82, 2.24) is 14.9 Å². The molecule has 1 amide bonds. The smallest absolute Gasteiger partial charge is 0.243 e. The zero-order valence-electron chi connectivity index (χ0n) is 18.3. The van der Waals surface area contributed by atoms with Gasteiger partial charge in [-0.25, -0.2) is 4.98 Å². The van der Waals surface area contributed by atoms with Crippen LogP contribution in [0.4, 0.5) is 0 Å². The van der Waals surface area contributed by atoms with Crippen molar-refractivity contribution in [2.24, 2.45) is 0 Å². The van der Waals surface area contributed by atoms with Crippen LogP contribution in [0.2, 0.25) is 0 Å². The highest BCUT2D eigenvalue weighted by Crippen LogP contribution is 2.20. The predicted molar refractivity (Wildman–Crippen MR) is 124 cm³/mol. The van der Waals surface area contributed by atoms with Crippen LogP contribution in [-0.2, 0) is 17.8 Å². The standard InChI is InChI=1S/C25H31N3O3/c1-3-10-25(29)26-16-9-15-24-27-22-13-4-5-14-23(22)28(24)17-6-7-18-31-21-12-8-11-20(19-21)30-2/h3-5,8,10-14,19H,6-7,9,15-18H2,1-2H3,(H,26,29)/b10-3-. The molecule has 0 aliphatic rings. The summed E-state index contributed by atoms with van der Waals surface area (Å²) in [5.41, 5.74) is 2.17. The molecule has 0 spiro atoms. The summed E-state index contributed by atoms with van der Waals surface area (Å²) in [6, 6.07) is 15.9. The van der Waals surface area contributed by atoms with E-state index < -0.39 is 0 Å². The van der Waals surface area contributed by atoms with Crippen molar-refractivity contribution in [1.29, 1.82) is 0 Å². The molecular formula is C25H31N3O3. The largest absolute Gasteiger partial charge is 0.497 e. The summed E-state index contributed by atoms with van der Waals surface area (Å²) in [5.74, 6) is 2.64. The summed E-state index contributed by atoms with van der Waals surface area (Å²) in [6.45, 7) is 4.03. The lowest BCUT2D eigenvalue weighted by Gasteiger charge is -2.11. The van der Waals surface area contributed by atoms with E-state index in [0.29, 0.717) is 13.2 Å². The van der Waals surface area contributed by atoms with Crippen LogP contribution in [0.25, 0.3) is 11.0 Å². The van der Waals surface area contributed by atoms with E-state index in [1.165, 1.54) is 0 Å². The van der Waals surface area contributed by atoms with Gasteiger partial charge in [-0.05, 0) is 56.5 Å². The first-order chi connectivity index (χ1) is 15.2. The lowest BCUT2D eigenvalue weighted by atomic mass is 10.2. The van der Waals surface area contributed by atoms with Gasteiger partial charge in [0, 0.05) is 25.6 Å². The number of carbonyl (C=O) groups excluding carboxylic acids is 1. The highest BCUT2D eigenvalue weighted by molar-refractivity contribution is 5.87. The Balaban J connectivity index is 1.52. The average Bonchev–Trinajstić information content (AvgIpc) is 3.14. The third kappa shape index (κ3) is 6.60. The number of nitrogens with zero attached hydrogens (tertiary/aromatic N) is 2. The van der Waals surface area contributed by atoms with E-state index in [1.54, 1.807) is 19.3 Å². The molecule has 31 heavy (non-hydrogen) atoms. The van der Waals surface area contributed by atoms with E-state index in [-0.39, 0.29) is 5.91 Å². The van der Waals surface area contributed by atoms with Gasteiger partial charge in [0.2, 0.25) is 5.91 Å². The number of amides is 1. The number of imidazole rings is 1. The highest BCUT2D eigenvalue weighted by Gasteiger charge is 2.10. The monoisotopic (exact) mass is 421 g/mol. The van der Waals surface area contributed by atoms with E-state index in [2.05, 4.69) is 22.0 Å². The molecule has 164 valence electrons. The Kier molecular flexibility index (Phi) is 8.52. The lowest BCUT2D eigenvalue weighted by molar-refractivity contribution is -0.116. The number of benzene rings is 2. The maximum atomic E-state index is 11.6. The van der Waals surface area contributed by atoms with Crippen molar-refractivity contribution in [2.45, 2.75) is 39.2 Å². The van der Waals surface area contributed by atoms with E-state index in [0.717, 1.165) is 60.6 Å². The molecule has 3 rings (SSSR count). The van der Waals surface area contributed by atoms with E-state index in [1.807, 2.05) is 43.3 Å². The molecule has 0 saturated carbocycles. The average molecular weight is 422 g/mol. The number of allylic oxidation sites excluding steroid dienone is 1. The van der Waals surface area contributed by atoms with Crippen LogP contribution >= 0.6 is 0 Å². The van der Waals surface area contributed by atoms with Gasteiger partial charge in [-0.1, -0.05) is 24.3 Å². The molecular weight excluding hydrogens is 390 g/mol. The Morgan fingerprint density at radius 2 is 1.94 bits per heavy atom. The number of hydrogen-bond acceptors (Lipinski definition) is 4. The molecule has 3 aromatic rings. The van der Waals surface area contributed by atoms with Crippen LogP contribution in [0.15, 0.2) is 60.7 Å².